The van der Waals surface area contributed by atoms with E-state index in [0.29, 0.717) is 19.0 Å². The van der Waals surface area contributed by atoms with Crippen LogP contribution in [0, 0.1) is 0 Å². The molecular formula is C19H26N2O3. The van der Waals surface area contributed by atoms with E-state index in [9.17, 15) is 5.11 Å². The van der Waals surface area contributed by atoms with Gasteiger partial charge in [0, 0.05) is 31.2 Å². The second kappa shape index (κ2) is 10.7. The number of phenols is 1. The first-order valence-corrected chi connectivity index (χ1v) is 8.55. The molecule has 1 N–H and O–H groups in total. The predicted octanol–water partition coefficient (Wildman–Crippen LogP) is 3.62. The van der Waals surface area contributed by atoms with Crippen LogP contribution in [0.25, 0.3) is 11.4 Å². The average molecular weight is 330 g/mol. The Bertz CT molecular complexity index is 570. The van der Waals surface area contributed by atoms with Gasteiger partial charge in [-0.05, 0) is 56.0 Å². The van der Waals surface area contributed by atoms with Crippen LogP contribution in [-0.2, 0) is 15.9 Å². The van der Waals surface area contributed by atoms with Gasteiger partial charge in [-0.25, -0.2) is 9.97 Å². The minimum atomic E-state index is 0.247. The molecule has 2 rings (SSSR count). The smallest absolute Gasteiger partial charge is 0.159 e. The van der Waals surface area contributed by atoms with Gasteiger partial charge in [0.1, 0.15) is 5.75 Å². The van der Waals surface area contributed by atoms with E-state index in [-0.39, 0.29) is 5.75 Å². The summed E-state index contributed by atoms with van der Waals surface area (Å²) in [5.74, 6) is 0.929. The lowest BCUT2D eigenvalue weighted by Crippen LogP contribution is -2.04. The molecular weight excluding hydrogens is 304 g/mol. The Morgan fingerprint density at radius 2 is 1.58 bits per heavy atom. The molecule has 0 fully saturated rings. The number of aryl methyl sites for hydroxylation is 1. The Kier molecular flexibility index (Phi) is 8.21. The summed E-state index contributed by atoms with van der Waals surface area (Å²) in [7, 11) is 0. The molecule has 5 nitrogen and oxygen atoms in total. The Morgan fingerprint density at radius 3 is 2.29 bits per heavy atom. The van der Waals surface area contributed by atoms with E-state index >= 15 is 0 Å². The Labute approximate surface area is 143 Å². The summed E-state index contributed by atoms with van der Waals surface area (Å²) >= 11 is 0. The van der Waals surface area contributed by atoms with Crippen LogP contribution in [0.1, 0.15) is 31.7 Å². The topological polar surface area (TPSA) is 64.5 Å². The molecule has 0 saturated heterocycles. The first kappa shape index (κ1) is 18.4. The van der Waals surface area contributed by atoms with E-state index in [1.54, 1.807) is 12.1 Å². The summed E-state index contributed by atoms with van der Waals surface area (Å²) in [6.45, 7) is 4.89. The number of benzene rings is 1. The average Bonchev–Trinajstić information content (AvgIpc) is 2.62. The summed E-state index contributed by atoms with van der Waals surface area (Å²) in [6.07, 6.45) is 8.06. The largest absolute Gasteiger partial charge is 0.508 e. The molecule has 0 aliphatic rings. The number of nitrogens with zero attached hydrogens (tertiary/aromatic N) is 2. The van der Waals surface area contributed by atoms with Crippen molar-refractivity contribution < 1.29 is 14.6 Å². The maximum absolute atomic E-state index is 9.30. The van der Waals surface area contributed by atoms with Gasteiger partial charge in [0.15, 0.2) is 5.82 Å². The lowest BCUT2D eigenvalue weighted by Gasteiger charge is -2.05. The molecule has 0 amide bonds. The molecule has 130 valence electrons. The molecule has 0 spiro atoms. The number of aromatic hydroxyl groups is 1. The number of ether oxygens (including phenoxy) is 2. The summed E-state index contributed by atoms with van der Waals surface area (Å²) < 4.78 is 10.7. The third kappa shape index (κ3) is 6.64. The van der Waals surface area contributed by atoms with Crippen LogP contribution in [0.4, 0.5) is 0 Å². The molecule has 1 aromatic heterocycles. The van der Waals surface area contributed by atoms with Crippen molar-refractivity contribution in [1.29, 1.82) is 0 Å². The summed E-state index contributed by atoms with van der Waals surface area (Å²) in [5, 5.41) is 9.30. The molecule has 0 radical (unpaired) electrons. The summed E-state index contributed by atoms with van der Waals surface area (Å²) in [4.78, 5) is 8.81. The van der Waals surface area contributed by atoms with Gasteiger partial charge in [-0.2, -0.15) is 0 Å². The molecule has 0 atom stereocenters. The lowest BCUT2D eigenvalue weighted by molar-refractivity contribution is 0.0513. The SMILES string of the molecule is CCOCCOCCCCCc1cnc(-c2ccc(O)cc2)nc1. The fourth-order valence-corrected chi connectivity index (χ4v) is 2.32. The number of unbranched alkanes of at least 4 members (excludes halogenated alkanes) is 2. The highest BCUT2D eigenvalue weighted by molar-refractivity contribution is 5.55. The molecule has 0 bridgehead atoms. The molecule has 24 heavy (non-hydrogen) atoms. The number of hydrogen-bond acceptors (Lipinski definition) is 5. The van der Waals surface area contributed by atoms with Crippen molar-refractivity contribution in [3.8, 4) is 17.1 Å². The third-order valence-electron chi connectivity index (χ3n) is 3.66. The first-order valence-electron chi connectivity index (χ1n) is 8.55. The Hall–Kier alpha value is -1.98. The number of rotatable bonds is 11. The minimum Gasteiger partial charge on any atom is -0.508 e. The normalized spacial score (nSPS) is 10.9. The van der Waals surface area contributed by atoms with Gasteiger partial charge in [-0.1, -0.05) is 6.42 Å². The van der Waals surface area contributed by atoms with Gasteiger partial charge in [-0.15, -0.1) is 0 Å². The fraction of sp³-hybridized carbons (Fsp3) is 0.474. The van der Waals surface area contributed by atoms with Crippen molar-refractivity contribution >= 4 is 0 Å². The highest BCUT2D eigenvalue weighted by Crippen LogP contribution is 2.18. The predicted molar refractivity (Wildman–Crippen MR) is 94.0 cm³/mol. The van der Waals surface area contributed by atoms with Crippen molar-refractivity contribution in [3.05, 3.63) is 42.2 Å². The van der Waals surface area contributed by atoms with Crippen molar-refractivity contribution in [3.63, 3.8) is 0 Å². The van der Waals surface area contributed by atoms with Crippen molar-refractivity contribution in [1.82, 2.24) is 9.97 Å². The fourth-order valence-electron chi connectivity index (χ4n) is 2.32. The van der Waals surface area contributed by atoms with E-state index in [2.05, 4.69) is 9.97 Å². The van der Waals surface area contributed by atoms with Gasteiger partial charge in [0.2, 0.25) is 0 Å². The highest BCUT2D eigenvalue weighted by Gasteiger charge is 2.02. The minimum absolute atomic E-state index is 0.247. The molecule has 5 heteroatoms. The van der Waals surface area contributed by atoms with Gasteiger partial charge in [0.05, 0.1) is 13.2 Å². The maximum atomic E-state index is 9.30. The van der Waals surface area contributed by atoms with Crippen LogP contribution in [0.15, 0.2) is 36.7 Å². The van der Waals surface area contributed by atoms with Crippen molar-refractivity contribution in [2.45, 2.75) is 32.6 Å². The van der Waals surface area contributed by atoms with Gasteiger partial charge in [-0.3, -0.25) is 0 Å². The van der Waals surface area contributed by atoms with Crippen LogP contribution >= 0.6 is 0 Å². The second-order valence-corrected chi connectivity index (χ2v) is 5.58. The quantitative estimate of drug-likeness (QED) is 0.638. The second-order valence-electron chi connectivity index (χ2n) is 5.58. The number of hydrogen-bond donors (Lipinski definition) is 1. The molecule has 0 aliphatic heterocycles. The van der Waals surface area contributed by atoms with Crippen molar-refractivity contribution in [2.75, 3.05) is 26.4 Å². The molecule has 1 heterocycles. The third-order valence-corrected chi connectivity index (χ3v) is 3.66. The summed E-state index contributed by atoms with van der Waals surface area (Å²) in [5.41, 5.74) is 2.05. The summed E-state index contributed by atoms with van der Waals surface area (Å²) in [6, 6.07) is 6.91. The van der Waals surface area contributed by atoms with Crippen LogP contribution in [0.2, 0.25) is 0 Å². The van der Waals surface area contributed by atoms with E-state index in [1.807, 2.05) is 31.5 Å². The molecule has 2 aromatic rings. The van der Waals surface area contributed by atoms with Crippen LogP contribution in [0.3, 0.4) is 0 Å². The van der Waals surface area contributed by atoms with Crippen LogP contribution in [-0.4, -0.2) is 41.5 Å². The van der Waals surface area contributed by atoms with Crippen molar-refractivity contribution in [2.24, 2.45) is 0 Å². The van der Waals surface area contributed by atoms with Gasteiger partial charge >= 0.3 is 0 Å². The lowest BCUT2D eigenvalue weighted by atomic mass is 10.1. The molecule has 0 aliphatic carbocycles. The number of phenolic OH excluding ortho intramolecular Hbond substituents is 1. The zero-order valence-electron chi connectivity index (χ0n) is 14.3. The Balaban J connectivity index is 1.63. The monoisotopic (exact) mass is 330 g/mol. The van der Waals surface area contributed by atoms with E-state index < -0.39 is 0 Å². The van der Waals surface area contributed by atoms with Gasteiger partial charge in [0.25, 0.3) is 0 Å². The molecule has 0 saturated carbocycles. The van der Waals surface area contributed by atoms with Gasteiger partial charge < -0.3 is 14.6 Å². The molecule has 0 unspecified atom stereocenters. The maximum Gasteiger partial charge on any atom is 0.159 e. The van der Waals surface area contributed by atoms with E-state index in [4.69, 9.17) is 9.47 Å². The first-order chi connectivity index (χ1) is 11.8. The number of aromatic nitrogens is 2. The van der Waals surface area contributed by atoms with Crippen LogP contribution in [0.5, 0.6) is 5.75 Å². The molecule has 1 aromatic carbocycles. The van der Waals surface area contributed by atoms with E-state index in [0.717, 1.165) is 50.0 Å². The zero-order valence-corrected chi connectivity index (χ0v) is 14.3. The van der Waals surface area contributed by atoms with Crippen LogP contribution < -0.4 is 0 Å². The Morgan fingerprint density at radius 1 is 0.875 bits per heavy atom. The van der Waals surface area contributed by atoms with E-state index in [1.165, 1.54) is 0 Å². The zero-order chi connectivity index (χ0) is 17.0. The highest BCUT2D eigenvalue weighted by atomic mass is 16.5. The standard InChI is InChI=1S/C19H26N2O3/c1-2-23-12-13-24-11-5-3-4-6-16-14-20-19(21-15-16)17-7-9-18(22)10-8-17/h7-10,14-15,22H,2-6,11-13H2,1H3.